The lowest BCUT2D eigenvalue weighted by Crippen LogP contribution is -2.32. The number of amides is 1. The lowest BCUT2D eigenvalue weighted by atomic mass is 10.1. The molecule has 1 aromatic carbocycles. The van der Waals surface area contributed by atoms with Crippen molar-refractivity contribution in [1.82, 2.24) is 14.9 Å². The van der Waals surface area contributed by atoms with Crippen molar-refractivity contribution in [3.8, 4) is 0 Å². The van der Waals surface area contributed by atoms with E-state index >= 15 is 0 Å². The van der Waals surface area contributed by atoms with Crippen LogP contribution in [0.1, 0.15) is 25.0 Å². The van der Waals surface area contributed by atoms with Crippen LogP contribution in [0.2, 0.25) is 0 Å². The van der Waals surface area contributed by atoms with Crippen molar-refractivity contribution in [2.75, 3.05) is 26.9 Å². The monoisotopic (exact) mass is 329 g/mol. The Labute approximate surface area is 141 Å². The third-order valence-electron chi connectivity index (χ3n) is 4.13. The van der Waals surface area contributed by atoms with Gasteiger partial charge in [-0.15, -0.1) is 0 Å². The Balaban J connectivity index is 1.47. The lowest BCUT2D eigenvalue weighted by molar-refractivity contribution is -0.137. The first-order valence-electron chi connectivity index (χ1n) is 8.36. The van der Waals surface area contributed by atoms with Crippen molar-refractivity contribution in [3.63, 3.8) is 0 Å². The highest BCUT2D eigenvalue weighted by Crippen LogP contribution is 2.13. The molecule has 2 heterocycles. The van der Waals surface area contributed by atoms with Crippen LogP contribution in [0.5, 0.6) is 0 Å². The Bertz CT molecular complexity index is 686. The number of benzene rings is 1. The maximum Gasteiger partial charge on any atom is 0.248 e. The van der Waals surface area contributed by atoms with Gasteiger partial charge in [0, 0.05) is 13.7 Å². The summed E-state index contributed by atoms with van der Waals surface area (Å²) in [6.45, 7) is 1.76. The molecule has 1 aliphatic heterocycles. The van der Waals surface area contributed by atoms with E-state index in [1.807, 2.05) is 24.3 Å². The zero-order valence-corrected chi connectivity index (χ0v) is 14.0. The second-order valence-electron chi connectivity index (χ2n) is 6.10. The van der Waals surface area contributed by atoms with Crippen LogP contribution in [0.15, 0.2) is 30.5 Å². The van der Waals surface area contributed by atoms with E-state index in [0.29, 0.717) is 13.2 Å². The molecule has 0 N–H and O–H groups in total. The van der Waals surface area contributed by atoms with E-state index in [-0.39, 0.29) is 18.6 Å². The van der Waals surface area contributed by atoms with Gasteiger partial charge in [-0.05, 0) is 31.4 Å². The van der Waals surface area contributed by atoms with Crippen molar-refractivity contribution >= 4 is 16.9 Å². The minimum atomic E-state index is -0.0687. The molecule has 1 saturated heterocycles. The van der Waals surface area contributed by atoms with Crippen molar-refractivity contribution in [2.45, 2.75) is 31.9 Å². The van der Waals surface area contributed by atoms with E-state index < -0.39 is 0 Å². The van der Waals surface area contributed by atoms with Crippen molar-refractivity contribution in [2.24, 2.45) is 0 Å². The largest absolute Gasteiger partial charge is 0.376 e. The normalized spacial score (nSPS) is 17.8. The number of nitrogens with zero attached hydrogens (tertiary/aromatic N) is 3. The summed E-state index contributed by atoms with van der Waals surface area (Å²) in [6.07, 6.45) is 5.13. The van der Waals surface area contributed by atoms with Gasteiger partial charge in [-0.2, -0.15) is 0 Å². The van der Waals surface area contributed by atoms with Gasteiger partial charge >= 0.3 is 0 Å². The molecule has 0 aliphatic carbocycles. The predicted molar refractivity (Wildman–Crippen MR) is 90.4 cm³/mol. The molecule has 1 fully saturated rings. The summed E-state index contributed by atoms with van der Waals surface area (Å²) in [5, 5.41) is 0. The van der Waals surface area contributed by atoms with Gasteiger partial charge in [0.05, 0.1) is 42.2 Å². The van der Waals surface area contributed by atoms with Crippen LogP contribution >= 0.6 is 0 Å². The molecule has 1 aliphatic rings. The molecule has 0 radical (unpaired) electrons. The average Bonchev–Trinajstić information content (AvgIpc) is 2.62. The summed E-state index contributed by atoms with van der Waals surface area (Å²) in [6, 6.07) is 7.69. The second kappa shape index (κ2) is 8.17. The summed E-state index contributed by atoms with van der Waals surface area (Å²) in [5.41, 5.74) is 2.45. The van der Waals surface area contributed by atoms with Crippen LogP contribution in [0.4, 0.5) is 0 Å². The molecule has 1 amide bonds. The molecule has 0 saturated carbocycles. The first-order chi connectivity index (χ1) is 11.7. The SMILES string of the molecule is CN(Cc1cnc2ccccc2n1)C(=O)COCC1CCCCO1. The number of aromatic nitrogens is 2. The van der Waals surface area contributed by atoms with E-state index in [1.54, 1.807) is 18.1 Å². The zero-order chi connectivity index (χ0) is 16.8. The molecule has 3 rings (SSSR count). The number of carbonyl (C=O) groups excluding carboxylic acids is 1. The molecule has 1 unspecified atom stereocenters. The number of ether oxygens (including phenoxy) is 2. The quantitative estimate of drug-likeness (QED) is 0.813. The van der Waals surface area contributed by atoms with Crippen LogP contribution in [0.25, 0.3) is 11.0 Å². The maximum atomic E-state index is 12.2. The molecule has 128 valence electrons. The predicted octanol–water partition coefficient (Wildman–Crippen LogP) is 2.17. The molecular formula is C18H23N3O3. The van der Waals surface area contributed by atoms with Gasteiger partial charge in [0.1, 0.15) is 6.61 Å². The van der Waals surface area contributed by atoms with Gasteiger partial charge in [-0.3, -0.25) is 9.78 Å². The van der Waals surface area contributed by atoms with Crippen molar-refractivity contribution in [1.29, 1.82) is 0 Å². The first-order valence-corrected chi connectivity index (χ1v) is 8.36. The molecule has 2 aromatic rings. The second-order valence-corrected chi connectivity index (χ2v) is 6.10. The molecule has 1 aromatic heterocycles. The third kappa shape index (κ3) is 4.49. The molecular weight excluding hydrogens is 306 g/mol. The summed E-state index contributed by atoms with van der Waals surface area (Å²) < 4.78 is 11.1. The van der Waals surface area contributed by atoms with Gasteiger partial charge in [-0.1, -0.05) is 12.1 Å². The number of para-hydroxylation sites is 2. The fourth-order valence-corrected chi connectivity index (χ4v) is 2.73. The minimum Gasteiger partial charge on any atom is -0.376 e. The van der Waals surface area contributed by atoms with Crippen LogP contribution < -0.4 is 0 Å². The standard InChI is InChI=1S/C18H23N3O3/c1-21(18(22)13-23-12-15-6-4-5-9-24-15)11-14-10-19-16-7-2-3-8-17(16)20-14/h2-3,7-8,10,15H,4-6,9,11-13H2,1H3. The Morgan fingerprint density at radius 1 is 1.33 bits per heavy atom. The third-order valence-corrected chi connectivity index (χ3v) is 4.13. The van der Waals surface area contributed by atoms with Crippen LogP contribution in [-0.2, 0) is 20.8 Å². The number of hydrogen-bond acceptors (Lipinski definition) is 5. The van der Waals surface area contributed by atoms with Crippen LogP contribution in [-0.4, -0.2) is 53.7 Å². The van der Waals surface area contributed by atoms with Gasteiger partial charge in [0.2, 0.25) is 5.91 Å². The number of fused-ring (bicyclic) bond motifs is 1. The van der Waals surface area contributed by atoms with Crippen molar-refractivity contribution in [3.05, 3.63) is 36.2 Å². The van der Waals surface area contributed by atoms with Gasteiger partial charge in [0.25, 0.3) is 0 Å². The van der Waals surface area contributed by atoms with E-state index in [0.717, 1.165) is 36.2 Å². The maximum absolute atomic E-state index is 12.2. The van der Waals surface area contributed by atoms with E-state index in [2.05, 4.69) is 9.97 Å². The number of carbonyl (C=O) groups is 1. The summed E-state index contributed by atoms with van der Waals surface area (Å²) in [4.78, 5) is 22.7. The first kappa shape index (κ1) is 16.8. The summed E-state index contributed by atoms with van der Waals surface area (Å²) in [5.74, 6) is -0.0687. The van der Waals surface area contributed by atoms with Crippen molar-refractivity contribution < 1.29 is 14.3 Å². The fourth-order valence-electron chi connectivity index (χ4n) is 2.73. The Morgan fingerprint density at radius 2 is 2.17 bits per heavy atom. The summed E-state index contributed by atoms with van der Waals surface area (Å²) >= 11 is 0. The van der Waals surface area contributed by atoms with Gasteiger partial charge < -0.3 is 14.4 Å². The minimum absolute atomic E-state index is 0.0668. The molecule has 6 heteroatoms. The lowest BCUT2D eigenvalue weighted by Gasteiger charge is -2.23. The molecule has 24 heavy (non-hydrogen) atoms. The Morgan fingerprint density at radius 3 is 2.96 bits per heavy atom. The van der Waals surface area contributed by atoms with E-state index in [4.69, 9.17) is 9.47 Å². The Kier molecular flexibility index (Phi) is 5.72. The topological polar surface area (TPSA) is 64.6 Å². The molecule has 1 atom stereocenters. The van der Waals surface area contributed by atoms with Crippen LogP contribution in [0.3, 0.4) is 0 Å². The highest BCUT2D eigenvalue weighted by Gasteiger charge is 2.16. The zero-order valence-electron chi connectivity index (χ0n) is 14.0. The number of rotatable bonds is 6. The molecule has 6 nitrogen and oxygen atoms in total. The highest BCUT2D eigenvalue weighted by atomic mass is 16.5. The van der Waals surface area contributed by atoms with Gasteiger partial charge in [0.15, 0.2) is 0 Å². The average molecular weight is 329 g/mol. The van der Waals surface area contributed by atoms with Crippen LogP contribution in [0, 0.1) is 0 Å². The molecule has 0 bridgehead atoms. The Hall–Kier alpha value is -2.05. The van der Waals surface area contributed by atoms with E-state index in [1.165, 1.54) is 6.42 Å². The number of hydrogen-bond donors (Lipinski definition) is 0. The van der Waals surface area contributed by atoms with Gasteiger partial charge in [-0.25, -0.2) is 4.98 Å². The fraction of sp³-hybridized carbons (Fsp3) is 0.500. The number of likely N-dealkylation sites (N-methyl/N-ethyl adjacent to an activating group) is 1. The summed E-state index contributed by atoms with van der Waals surface area (Å²) in [7, 11) is 1.75. The smallest absolute Gasteiger partial charge is 0.248 e. The molecule has 0 spiro atoms. The highest BCUT2D eigenvalue weighted by molar-refractivity contribution is 5.77. The van der Waals surface area contributed by atoms with E-state index in [9.17, 15) is 4.79 Å².